The van der Waals surface area contributed by atoms with Gasteiger partial charge in [-0.15, -0.1) is 0 Å². The van der Waals surface area contributed by atoms with Crippen LogP contribution >= 0.6 is 0 Å². The smallest absolute Gasteiger partial charge is 0.225 e. The number of unbranched alkanes of at least 4 members (excludes halogenated alkanes) is 4. The van der Waals surface area contributed by atoms with E-state index in [0.29, 0.717) is 18.3 Å². The molecule has 1 fully saturated rings. The van der Waals surface area contributed by atoms with Gasteiger partial charge >= 0.3 is 0 Å². The molecule has 4 heteroatoms. The first-order chi connectivity index (χ1) is 12.7. The van der Waals surface area contributed by atoms with E-state index in [2.05, 4.69) is 24.1 Å². The topological polar surface area (TPSA) is 41.6 Å². The van der Waals surface area contributed by atoms with Gasteiger partial charge < -0.3 is 15.0 Å². The maximum absolute atomic E-state index is 13.3. The van der Waals surface area contributed by atoms with Crippen LogP contribution < -0.4 is 5.32 Å². The Bertz CT molecular complexity index is 504. The number of ether oxygens (including phenoxy) is 1. The maximum Gasteiger partial charge on any atom is 0.225 e. The monoisotopic (exact) mass is 362 g/mol. The fourth-order valence-corrected chi connectivity index (χ4v) is 4.01. The van der Waals surface area contributed by atoms with E-state index < -0.39 is 0 Å². The summed E-state index contributed by atoms with van der Waals surface area (Å²) in [7, 11) is 0. The number of ketones is 1. The van der Waals surface area contributed by atoms with Crippen molar-refractivity contribution in [1.82, 2.24) is 10.2 Å². The van der Waals surface area contributed by atoms with Crippen LogP contribution in [0.3, 0.4) is 0 Å². The maximum atomic E-state index is 13.3. The zero-order chi connectivity index (χ0) is 18.8. The van der Waals surface area contributed by atoms with Gasteiger partial charge in [0, 0.05) is 31.8 Å². The molecule has 2 rings (SSSR count). The first-order valence-corrected chi connectivity index (χ1v) is 10.7. The fourth-order valence-electron chi connectivity index (χ4n) is 4.01. The van der Waals surface area contributed by atoms with Gasteiger partial charge in [-0.05, 0) is 38.5 Å². The third-order valence-corrected chi connectivity index (χ3v) is 5.62. The van der Waals surface area contributed by atoms with Crippen LogP contribution in [0.15, 0.2) is 23.1 Å². The van der Waals surface area contributed by atoms with Gasteiger partial charge in [-0.1, -0.05) is 45.6 Å². The second kappa shape index (κ2) is 11.4. The van der Waals surface area contributed by atoms with E-state index in [9.17, 15) is 4.79 Å². The molecule has 1 aliphatic carbocycles. The summed E-state index contributed by atoms with van der Waals surface area (Å²) in [5.74, 6) is 1.09. The van der Waals surface area contributed by atoms with E-state index in [1.54, 1.807) is 0 Å². The van der Waals surface area contributed by atoms with Crippen molar-refractivity contribution < 1.29 is 9.53 Å². The second-order valence-electron chi connectivity index (χ2n) is 7.64. The molecule has 0 saturated carbocycles. The molecule has 1 aliphatic heterocycles. The average molecular weight is 363 g/mol. The molecule has 0 aromatic carbocycles. The molecule has 0 aromatic rings. The lowest BCUT2D eigenvalue weighted by molar-refractivity contribution is -0.116. The molecule has 1 N–H and O–H groups in total. The van der Waals surface area contributed by atoms with Crippen molar-refractivity contribution in [3.8, 4) is 0 Å². The average Bonchev–Trinajstić information content (AvgIpc) is 2.65. The van der Waals surface area contributed by atoms with E-state index in [1.807, 2.05) is 13.0 Å². The third kappa shape index (κ3) is 5.87. The molecule has 148 valence electrons. The minimum Gasteiger partial charge on any atom is -0.488 e. The van der Waals surface area contributed by atoms with Crippen LogP contribution in [0.5, 0.6) is 0 Å². The first-order valence-electron chi connectivity index (χ1n) is 10.7. The molecule has 0 aromatic heterocycles. The highest BCUT2D eigenvalue weighted by Gasteiger charge is 2.29. The van der Waals surface area contributed by atoms with Gasteiger partial charge in [0.1, 0.15) is 0 Å². The molecule has 4 nitrogen and oxygen atoms in total. The van der Waals surface area contributed by atoms with Gasteiger partial charge in [0.05, 0.1) is 12.3 Å². The van der Waals surface area contributed by atoms with E-state index in [1.165, 1.54) is 25.7 Å². The van der Waals surface area contributed by atoms with Crippen LogP contribution in [0.25, 0.3) is 0 Å². The van der Waals surface area contributed by atoms with Crippen LogP contribution in [-0.4, -0.2) is 43.5 Å². The fraction of sp³-hybridized carbons (Fsp3) is 0.773. The van der Waals surface area contributed by atoms with E-state index in [4.69, 9.17) is 4.74 Å². The molecule has 1 unspecified atom stereocenters. The van der Waals surface area contributed by atoms with Crippen LogP contribution in [0.2, 0.25) is 0 Å². The molecule has 1 heterocycles. The van der Waals surface area contributed by atoms with Crippen molar-refractivity contribution in [2.24, 2.45) is 5.92 Å². The number of nitrogens with zero attached hydrogens (tertiary/aromatic N) is 1. The van der Waals surface area contributed by atoms with Crippen LogP contribution in [0.4, 0.5) is 0 Å². The Hall–Kier alpha value is -1.29. The van der Waals surface area contributed by atoms with Crippen LogP contribution in [0.1, 0.15) is 72.1 Å². The Morgan fingerprint density at radius 3 is 2.62 bits per heavy atom. The SMILES string of the molecule is C/C=C1/C(=O)/C(OCCCCCCC)=C(/N2CCNCC2)CCCC1C. The lowest BCUT2D eigenvalue weighted by Crippen LogP contribution is -2.44. The van der Waals surface area contributed by atoms with Crippen LogP contribution in [-0.2, 0) is 9.53 Å². The number of hydrogen-bond acceptors (Lipinski definition) is 4. The molecule has 2 aliphatic rings. The summed E-state index contributed by atoms with van der Waals surface area (Å²) in [5, 5.41) is 3.41. The highest BCUT2D eigenvalue weighted by Crippen LogP contribution is 2.31. The summed E-state index contributed by atoms with van der Waals surface area (Å²) in [5.41, 5.74) is 2.08. The van der Waals surface area contributed by atoms with Crippen molar-refractivity contribution >= 4 is 5.78 Å². The molecule has 0 spiro atoms. The van der Waals surface area contributed by atoms with Gasteiger partial charge in [-0.3, -0.25) is 4.79 Å². The van der Waals surface area contributed by atoms with Crippen molar-refractivity contribution in [2.45, 2.75) is 72.1 Å². The molecule has 1 atom stereocenters. The lowest BCUT2D eigenvalue weighted by Gasteiger charge is -2.34. The molecule has 0 amide bonds. The second-order valence-corrected chi connectivity index (χ2v) is 7.64. The number of rotatable bonds is 8. The minimum atomic E-state index is 0.127. The molecule has 0 bridgehead atoms. The Labute approximate surface area is 160 Å². The number of carbonyl (C=O) groups is 1. The Morgan fingerprint density at radius 1 is 1.19 bits per heavy atom. The van der Waals surface area contributed by atoms with Gasteiger partial charge in [-0.25, -0.2) is 0 Å². The first kappa shape index (κ1) is 21.0. The summed E-state index contributed by atoms with van der Waals surface area (Å²) in [6.45, 7) is 10.9. The molecule has 1 saturated heterocycles. The number of Topliss-reactive ketones (excluding diaryl/α,β-unsaturated/α-hetero) is 1. The summed E-state index contributed by atoms with van der Waals surface area (Å²) >= 11 is 0. The molecule has 0 radical (unpaired) electrons. The molecular weight excluding hydrogens is 324 g/mol. The van der Waals surface area contributed by atoms with Crippen molar-refractivity contribution in [1.29, 1.82) is 0 Å². The van der Waals surface area contributed by atoms with E-state index in [0.717, 1.165) is 63.1 Å². The zero-order valence-corrected chi connectivity index (χ0v) is 17.1. The lowest BCUT2D eigenvalue weighted by atomic mass is 9.87. The van der Waals surface area contributed by atoms with Gasteiger partial charge in [0.2, 0.25) is 5.78 Å². The van der Waals surface area contributed by atoms with Crippen LogP contribution in [0, 0.1) is 5.92 Å². The predicted octanol–water partition coefficient (Wildman–Crippen LogP) is 4.43. The van der Waals surface area contributed by atoms with E-state index >= 15 is 0 Å². The Kier molecular flexibility index (Phi) is 9.24. The number of hydrogen-bond donors (Lipinski definition) is 1. The summed E-state index contributed by atoms with van der Waals surface area (Å²) < 4.78 is 6.18. The highest BCUT2D eigenvalue weighted by atomic mass is 16.5. The van der Waals surface area contributed by atoms with Gasteiger partial charge in [0.25, 0.3) is 0 Å². The Morgan fingerprint density at radius 2 is 1.92 bits per heavy atom. The van der Waals surface area contributed by atoms with E-state index in [-0.39, 0.29) is 5.78 Å². The van der Waals surface area contributed by atoms with Crippen molar-refractivity contribution in [3.05, 3.63) is 23.1 Å². The van der Waals surface area contributed by atoms with Crippen molar-refractivity contribution in [2.75, 3.05) is 32.8 Å². The predicted molar refractivity (Wildman–Crippen MR) is 108 cm³/mol. The normalized spacial score (nSPS) is 26.7. The number of carbonyl (C=O) groups excluding carboxylic acids is 1. The number of piperazine rings is 1. The summed E-state index contributed by atoms with van der Waals surface area (Å²) in [6.07, 6.45) is 11.2. The molecular formula is C22H38N2O2. The van der Waals surface area contributed by atoms with Gasteiger partial charge in [0.15, 0.2) is 5.76 Å². The third-order valence-electron chi connectivity index (χ3n) is 5.62. The van der Waals surface area contributed by atoms with Gasteiger partial charge in [-0.2, -0.15) is 0 Å². The number of nitrogens with one attached hydrogen (secondary N) is 1. The standard InChI is InChI=1S/C22H38N2O2/c1-4-6-7-8-9-17-26-22-20(24-15-13-23-14-16-24)12-10-11-18(3)19(5-2)21(22)25/h5,18,23H,4,6-17H2,1-3H3/b19-5+,22-20-. The highest BCUT2D eigenvalue weighted by molar-refractivity contribution is 6.07. The van der Waals surface area contributed by atoms with Crippen molar-refractivity contribution in [3.63, 3.8) is 0 Å². The number of allylic oxidation sites excluding steroid dienone is 3. The summed E-state index contributed by atoms with van der Waals surface area (Å²) in [4.78, 5) is 15.6. The minimum absolute atomic E-state index is 0.127. The quantitative estimate of drug-likeness (QED) is 0.512. The summed E-state index contributed by atoms with van der Waals surface area (Å²) in [6, 6.07) is 0. The largest absolute Gasteiger partial charge is 0.488 e. The molecule has 26 heavy (non-hydrogen) atoms. The zero-order valence-electron chi connectivity index (χ0n) is 17.1. The Balaban J connectivity index is 2.15.